The molecule has 9 nitrogen and oxygen atoms in total. The van der Waals surface area contributed by atoms with Gasteiger partial charge in [-0.1, -0.05) is 29.3 Å². The van der Waals surface area contributed by atoms with E-state index in [1.54, 1.807) is 18.3 Å². The van der Waals surface area contributed by atoms with Crippen LogP contribution < -0.4 is 16.2 Å². The maximum Gasteiger partial charge on any atom is 0.303 e. The summed E-state index contributed by atoms with van der Waals surface area (Å²) in [6.45, 7) is 0.522. The molecule has 0 bridgehead atoms. The third-order valence-electron chi connectivity index (χ3n) is 4.24. The largest absolute Gasteiger partial charge is 0.506 e. The molecule has 0 saturated heterocycles. The number of hydrogen-bond donors (Lipinski definition) is 5. The van der Waals surface area contributed by atoms with Gasteiger partial charge in [0.2, 0.25) is 11.8 Å². The van der Waals surface area contributed by atoms with Gasteiger partial charge in [0.15, 0.2) is 0 Å². The Morgan fingerprint density at radius 3 is 2.48 bits per heavy atom. The summed E-state index contributed by atoms with van der Waals surface area (Å²) in [4.78, 5) is 39.4. The van der Waals surface area contributed by atoms with Crippen LogP contribution in [0.2, 0.25) is 10.0 Å². The van der Waals surface area contributed by atoms with Gasteiger partial charge in [0.25, 0.3) is 0 Å². The van der Waals surface area contributed by atoms with Crippen molar-refractivity contribution >= 4 is 46.8 Å². The Morgan fingerprint density at radius 2 is 1.81 bits per heavy atom. The van der Waals surface area contributed by atoms with Crippen molar-refractivity contribution in [2.45, 2.75) is 31.6 Å². The number of carbonyl (C=O) groups excluding carboxylic acids is 2. The number of carbonyl (C=O) groups is 3. The predicted octanol–water partition coefficient (Wildman–Crippen LogP) is 3.08. The first kappa shape index (κ1) is 24.2. The summed E-state index contributed by atoms with van der Waals surface area (Å²) in [5.41, 5.74) is 4.68. The maximum atomic E-state index is 12.2. The fraction of sp³-hybridized carbons (Fsp3) is 0.300. The van der Waals surface area contributed by atoms with Crippen molar-refractivity contribution in [2.75, 3.05) is 11.9 Å². The van der Waals surface area contributed by atoms with E-state index >= 15 is 0 Å². The number of phenols is 1. The summed E-state index contributed by atoms with van der Waals surface area (Å²) < 4.78 is 0. The van der Waals surface area contributed by atoms with Crippen molar-refractivity contribution in [1.82, 2.24) is 15.8 Å². The first-order valence-corrected chi connectivity index (χ1v) is 10.1. The minimum atomic E-state index is -1.17. The molecular weight excluding hydrogens is 447 g/mol. The molecule has 1 aromatic heterocycles. The van der Waals surface area contributed by atoms with Gasteiger partial charge < -0.3 is 15.5 Å². The van der Waals surface area contributed by atoms with Crippen LogP contribution >= 0.6 is 23.2 Å². The Hall–Kier alpha value is -3.04. The number of aromatic nitrogens is 1. The standard InChI is InChI=1S/C20H22Cl2N4O5/c21-13-10-14(20(31)15(22)11-13)12(9-19(29)30)8-18(28)26-25-17(27)5-3-7-24-16-4-1-2-6-23-16/h1-2,4,6,10-12,31H,3,5,7-9H2,(H,23,24)(H,25,27)(H,26,28)(H,29,30). The Labute approximate surface area is 188 Å². The Balaban J connectivity index is 1.83. The molecule has 1 heterocycles. The number of nitrogens with zero attached hydrogens (tertiary/aromatic N) is 1. The van der Waals surface area contributed by atoms with Gasteiger partial charge >= 0.3 is 5.97 Å². The van der Waals surface area contributed by atoms with Gasteiger partial charge in [0, 0.05) is 42.1 Å². The molecule has 2 rings (SSSR count). The summed E-state index contributed by atoms with van der Waals surface area (Å²) in [5.74, 6) is -2.73. The first-order valence-electron chi connectivity index (χ1n) is 9.38. The van der Waals surface area contributed by atoms with Gasteiger partial charge in [-0.2, -0.15) is 0 Å². The molecule has 1 atom stereocenters. The lowest BCUT2D eigenvalue weighted by atomic mass is 9.91. The zero-order valence-electron chi connectivity index (χ0n) is 16.4. The van der Waals surface area contributed by atoms with E-state index in [0.717, 1.165) is 0 Å². The van der Waals surface area contributed by atoms with Crippen LogP contribution in [0.1, 0.15) is 37.2 Å². The van der Waals surface area contributed by atoms with Gasteiger partial charge in [-0.05, 0) is 30.7 Å². The monoisotopic (exact) mass is 468 g/mol. The van der Waals surface area contributed by atoms with Crippen LogP contribution in [-0.2, 0) is 14.4 Å². The minimum Gasteiger partial charge on any atom is -0.506 e. The number of hydrazine groups is 1. The molecule has 31 heavy (non-hydrogen) atoms. The number of carboxylic acid groups (broad SMARTS) is 1. The fourth-order valence-corrected chi connectivity index (χ4v) is 3.32. The lowest BCUT2D eigenvalue weighted by Crippen LogP contribution is -2.42. The Morgan fingerprint density at radius 1 is 1.06 bits per heavy atom. The van der Waals surface area contributed by atoms with Gasteiger partial charge in [-0.15, -0.1) is 0 Å². The molecule has 0 aliphatic rings. The molecule has 0 spiro atoms. The van der Waals surface area contributed by atoms with Crippen molar-refractivity contribution in [3.8, 4) is 5.75 Å². The number of aliphatic carboxylic acids is 1. The number of carboxylic acids is 1. The number of benzene rings is 1. The van der Waals surface area contributed by atoms with E-state index in [2.05, 4.69) is 21.2 Å². The van der Waals surface area contributed by atoms with Gasteiger partial charge in [-0.25, -0.2) is 4.98 Å². The lowest BCUT2D eigenvalue weighted by molar-refractivity contribution is -0.137. The third-order valence-corrected chi connectivity index (χ3v) is 4.75. The van der Waals surface area contributed by atoms with E-state index in [-0.39, 0.29) is 34.2 Å². The zero-order chi connectivity index (χ0) is 22.8. The highest BCUT2D eigenvalue weighted by atomic mass is 35.5. The smallest absolute Gasteiger partial charge is 0.303 e. The van der Waals surface area contributed by atoms with Crippen molar-refractivity contribution in [3.05, 3.63) is 52.1 Å². The molecule has 1 unspecified atom stereocenters. The maximum absolute atomic E-state index is 12.2. The van der Waals surface area contributed by atoms with Crippen LogP contribution in [0, 0.1) is 0 Å². The predicted molar refractivity (Wildman–Crippen MR) is 116 cm³/mol. The highest BCUT2D eigenvalue weighted by Crippen LogP contribution is 2.38. The molecule has 0 fully saturated rings. The average molecular weight is 469 g/mol. The van der Waals surface area contributed by atoms with E-state index in [1.807, 2.05) is 6.07 Å². The van der Waals surface area contributed by atoms with Crippen LogP contribution in [-0.4, -0.2) is 39.5 Å². The molecule has 0 radical (unpaired) electrons. The van der Waals surface area contributed by atoms with Gasteiger partial charge in [-0.3, -0.25) is 25.2 Å². The van der Waals surface area contributed by atoms with Crippen LogP contribution in [0.4, 0.5) is 5.82 Å². The van der Waals surface area contributed by atoms with Crippen molar-refractivity contribution in [3.63, 3.8) is 0 Å². The zero-order valence-corrected chi connectivity index (χ0v) is 17.9. The first-order chi connectivity index (χ1) is 14.8. The van der Waals surface area contributed by atoms with E-state index in [1.165, 1.54) is 12.1 Å². The van der Waals surface area contributed by atoms with Crippen LogP contribution in [0.25, 0.3) is 0 Å². The SMILES string of the molecule is O=C(O)CC(CC(=O)NNC(=O)CCCNc1ccccn1)c1cc(Cl)cc(Cl)c1O. The molecule has 1 aromatic carbocycles. The molecule has 166 valence electrons. The van der Waals surface area contributed by atoms with Crippen molar-refractivity contribution in [2.24, 2.45) is 0 Å². The van der Waals surface area contributed by atoms with Gasteiger partial charge in [0.05, 0.1) is 11.4 Å². The second-order valence-electron chi connectivity index (χ2n) is 6.67. The molecule has 2 amide bonds. The Kier molecular flexibility index (Phi) is 9.36. The quantitative estimate of drug-likeness (QED) is 0.266. The molecule has 11 heteroatoms. The molecule has 5 N–H and O–H groups in total. The molecule has 2 aromatic rings. The van der Waals surface area contributed by atoms with Crippen LogP contribution in [0.15, 0.2) is 36.5 Å². The summed E-state index contributed by atoms with van der Waals surface area (Å²) in [6, 6.07) is 8.11. The Bertz CT molecular complexity index is 927. The summed E-state index contributed by atoms with van der Waals surface area (Å²) in [6.07, 6.45) is 1.57. The molecular formula is C20H22Cl2N4O5. The number of halogens is 2. The van der Waals surface area contributed by atoms with E-state index in [4.69, 9.17) is 28.3 Å². The van der Waals surface area contributed by atoms with Crippen molar-refractivity contribution < 1.29 is 24.6 Å². The highest BCUT2D eigenvalue weighted by Gasteiger charge is 2.24. The van der Waals surface area contributed by atoms with E-state index < -0.39 is 30.1 Å². The fourth-order valence-electron chi connectivity index (χ4n) is 2.81. The summed E-state index contributed by atoms with van der Waals surface area (Å²) >= 11 is 11.8. The van der Waals surface area contributed by atoms with Crippen LogP contribution in [0.5, 0.6) is 5.75 Å². The topological polar surface area (TPSA) is 141 Å². The molecule has 0 aliphatic heterocycles. The second-order valence-corrected chi connectivity index (χ2v) is 7.51. The van der Waals surface area contributed by atoms with Gasteiger partial charge in [0.1, 0.15) is 11.6 Å². The number of pyridine rings is 1. The van der Waals surface area contributed by atoms with Crippen LogP contribution in [0.3, 0.4) is 0 Å². The molecule has 0 saturated carbocycles. The number of aromatic hydroxyl groups is 1. The number of amides is 2. The lowest BCUT2D eigenvalue weighted by Gasteiger charge is -2.18. The van der Waals surface area contributed by atoms with Crippen molar-refractivity contribution in [1.29, 1.82) is 0 Å². The molecule has 0 aliphatic carbocycles. The summed E-state index contributed by atoms with van der Waals surface area (Å²) in [7, 11) is 0. The number of rotatable bonds is 10. The highest BCUT2D eigenvalue weighted by molar-refractivity contribution is 6.35. The number of hydrogen-bond acceptors (Lipinski definition) is 6. The van der Waals surface area contributed by atoms with E-state index in [9.17, 15) is 19.5 Å². The van der Waals surface area contributed by atoms with E-state index in [0.29, 0.717) is 18.8 Å². The number of nitrogens with one attached hydrogen (secondary N) is 3. The normalized spacial score (nSPS) is 11.4. The number of phenolic OH excluding ortho intramolecular Hbond substituents is 1. The number of anilines is 1. The minimum absolute atomic E-state index is 0.0501. The summed E-state index contributed by atoms with van der Waals surface area (Å²) in [5, 5.41) is 22.5. The average Bonchev–Trinajstić information content (AvgIpc) is 2.72. The second kappa shape index (κ2) is 12.0. The third kappa shape index (κ3) is 8.31.